The Morgan fingerprint density at radius 3 is 2.43 bits per heavy atom. The summed E-state index contributed by atoms with van der Waals surface area (Å²) in [5.41, 5.74) is 4.18. The van der Waals surface area contributed by atoms with E-state index < -0.39 is 11.3 Å². The van der Waals surface area contributed by atoms with Gasteiger partial charge in [-0.15, -0.1) is 0 Å². The number of rotatable bonds is 6. The third-order valence-corrected chi connectivity index (χ3v) is 5.38. The molecule has 4 aromatic rings. The van der Waals surface area contributed by atoms with Crippen molar-refractivity contribution in [1.82, 2.24) is 9.97 Å². The van der Waals surface area contributed by atoms with Gasteiger partial charge >= 0.3 is 0 Å². The summed E-state index contributed by atoms with van der Waals surface area (Å²) in [6.07, 6.45) is 1.78. The number of nitrogens with one attached hydrogen (secondary N) is 1. The van der Waals surface area contributed by atoms with Crippen LogP contribution in [0.1, 0.15) is 0 Å². The van der Waals surface area contributed by atoms with E-state index in [2.05, 4.69) is 10.3 Å². The van der Waals surface area contributed by atoms with Crippen molar-refractivity contribution in [3.63, 3.8) is 0 Å². The van der Waals surface area contributed by atoms with E-state index >= 15 is 0 Å². The molecule has 0 saturated carbocycles. The molecule has 3 aromatic carbocycles. The Balaban J connectivity index is 1.65. The zero-order valence-corrected chi connectivity index (χ0v) is 17.2. The topological polar surface area (TPSA) is 90.4 Å². The smallest absolute Gasteiger partial charge is 0.227 e. The SMILES string of the molecule is COc1ccc(-c2cccc3cnc(Nc4ccc(N(C)S(=O)[O-])cc4)nc23)cc1. The summed E-state index contributed by atoms with van der Waals surface area (Å²) in [6.45, 7) is 0. The molecule has 0 fully saturated rings. The van der Waals surface area contributed by atoms with Gasteiger partial charge in [0, 0.05) is 46.8 Å². The second-order valence-corrected chi connectivity index (χ2v) is 7.53. The zero-order valence-electron chi connectivity index (χ0n) is 16.4. The van der Waals surface area contributed by atoms with Gasteiger partial charge in [0.05, 0.1) is 12.6 Å². The molecular weight excluding hydrogens is 400 g/mol. The lowest BCUT2D eigenvalue weighted by atomic mass is 10.0. The highest BCUT2D eigenvalue weighted by molar-refractivity contribution is 7.80. The molecule has 1 aromatic heterocycles. The van der Waals surface area contributed by atoms with Gasteiger partial charge < -0.3 is 18.9 Å². The summed E-state index contributed by atoms with van der Waals surface area (Å²) >= 11 is -2.31. The van der Waals surface area contributed by atoms with Crippen molar-refractivity contribution >= 4 is 39.5 Å². The standard InChI is InChI=1S/C22H20N4O3S/c1-26(30(27)28)18-10-8-17(9-11-18)24-22-23-14-16-4-3-5-20(21(16)25-22)15-6-12-19(29-2)13-7-15/h3-14H,1-2H3,(H,27,28)(H,23,24,25)/p-1. The number of methoxy groups -OCH3 is 1. The minimum Gasteiger partial charge on any atom is -0.755 e. The highest BCUT2D eigenvalue weighted by Crippen LogP contribution is 2.29. The molecule has 0 radical (unpaired) electrons. The van der Waals surface area contributed by atoms with E-state index in [9.17, 15) is 8.76 Å². The maximum atomic E-state index is 11.1. The number of hydrogen-bond acceptors (Lipinski definition) is 6. The molecule has 4 rings (SSSR count). The number of nitrogens with zero attached hydrogens (tertiary/aromatic N) is 3. The first-order valence-electron chi connectivity index (χ1n) is 9.15. The largest absolute Gasteiger partial charge is 0.755 e. The average molecular weight is 419 g/mol. The molecule has 1 N–H and O–H groups in total. The van der Waals surface area contributed by atoms with Crippen molar-refractivity contribution in [2.24, 2.45) is 0 Å². The molecule has 0 amide bonds. The lowest BCUT2D eigenvalue weighted by molar-refractivity contribution is 0.415. The van der Waals surface area contributed by atoms with Gasteiger partial charge in [-0.2, -0.15) is 0 Å². The van der Waals surface area contributed by atoms with Gasteiger partial charge in [-0.05, 0) is 42.0 Å². The Bertz CT molecular complexity index is 1200. The summed E-state index contributed by atoms with van der Waals surface area (Å²) in [5, 5.41) is 4.11. The Hall–Kier alpha value is -3.49. The van der Waals surface area contributed by atoms with E-state index in [1.165, 1.54) is 7.05 Å². The lowest BCUT2D eigenvalue weighted by Crippen LogP contribution is -2.19. The molecule has 1 atom stereocenters. The van der Waals surface area contributed by atoms with Crippen LogP contribution in [-0.4, -0.2) is 32.9 Å². The fourth-order valence-electron chi connectivity index (χ4n) is 3.09. The number of ether oxygens (including phenoxy) is 1. The first-order chi connectivity index (χ1) is 14.5. The highest BCUT2D eigenvalue weighted by Gasteiger charge is 2.08. The van der Waals surface area contributed by atoms with Crippen LogP contribution in [0.25, 0.3) is 22.0 Å². The van der Waals surface area contributed by atoms with Crippen LogP contribution in [0.3, 0.4) is 0 Å². The molecule has 152 valence electrons. The van der Waals surface area contributed by atoms with Crippen molar-refractivity contribution in [3.8, 4) is 16.9 Å². The van der Waals surface area contributed by atoms with Gasteiger partial charge in [0.1, 0.15) is 5.75 Å². The Morgan fingerprint density at radius 2 is 1.77 bits per heavy atom. The van der Waals surface area contributed by atoms with Gasteiger partial charge in [0.15, 0.2) is 0 Å². The molecule has 0 saturated heterocycles. The van der Waals surface area contributed by atoms with Crippen LogP contribution < -0.4 is 14.4 Å². The second kappa shape index (κ2) is 8.48. The Labute approximate surface area is 176 Å². The molecule has 0 bridgehead atoms. The molecule has 7 nitrogen and oxygen atoms in total. The summed E-state index contributed by atoms with van der Waals surface area (Å²) in [4.78, 5) is 9.11. The molecule has 1 heterocycles. The van der Waals surface area contributed by atoms with Crippen LogP contribution in [0, 0.1) is 0 Å². The summed E-state index contributed by atoms with van der Waals surface area (Å²) in [6, 6.07) is 20.8. The number of benzene rings is 3. The van der Waals surface area contributed by atoms with Crippen molar-refractivity contribution in [3.05, 3.63) is 72.9 Å². The number of hydrogen-bond donors (Lipinski definition) is 1. The lowest BCUT2D eigenvalue weighted by Gasteiger charge is -2.21. The quantitative estimate of drug-likeness (QED) is 0.469. The van der Waals surface area contributed by atoms with Crippen molar-refractivity contribution in [2.45, 2.75) is 0 Å². The minimum absolute atomic E-state index is 0.456. The third kappa shape index (κ3) is 4.10. The predicted molar refractivity (Wildman–Crippen MR) is 119 cm³/mol. The van der Waals surface area contributed by atoms with E-state index in [4.69, 9.17) is 9.72 Å². The number of aromatic nitrogens is 2. The van der Waals surface area contributed by atoms with E-state index in [0.717, 1.165) is 37.8 Å². The molecule has 0 spiro atoms. The van der Waals surface area contributed by atoms with Crippen LogP contribution in [0.15, 0.2) is 72.9 Å². The van der Waals surface area contributed by atoms with Gasteiger partial charge in [-0.25, -0.2) is 9.97 Å². The maximum absolute atomic E-state index is 11.1. The Kier molecular flexibility index (Phi) is 5.60. The summed E-state index contributed by atoms with van der Waals surface area (Å²) < 4.78 is 28.5. The van der Waals surface area contributed by atoms with Crippen LogP contribution >= 0.6 is 0 Å². The van der Waals surface area contributed by atoms with Crippen molar-refractivity contribution < 1.29 is 13.5 Å². The number of fused-ring (bicyclic) bond motifs is 1. The van der Waals surface area contributed by atoms with E-state index in [0.29, 0.717) is 11.6 Å². The first kappa shape index (κ1) is 19.8. The van der Waals surface area contributed by atoms with Gasteiger partial charge in [0.2, 0.25) is 5.95 Å². The monoisotopic (exact) mass is 419 g/mol. The summed E-state index contributed by atoms with van der Waals surface area (Å²) in [5.74, 6) is 1.25. The van der Waals surface area contributed by atoms with Crippen molar-refractivity contribution in [1.29, 1.82) is 0 Å². The average Bonchev–Trinajstić information content (AvgIpc) is 2.78. The van der Waals surface area contributed by atoms with Crippen LogP contribution in [0.2, 0.25) is 0 Å². The van der Waals surface area contributed by atoms with Crippen LogP contribution in [0.4, 0.5) is 17.3 Å². The van der Waals surface area contributed by atoms with E-state index in [1.807, 2.05) is 42.5 Å². The Morgan fingerprint density at radius 1 is 1.03 bits per heavy atom. The van der Waals surface area contributed by atoms with Gasteiger partial charge in [-0.1, -0.05) is 30.3 Å². The molecule has 0 aliphatic rings. The first-order valence-corrected chi connectivity index (χ1v) is 10.2. The van der Waals surface area contributed by atoms with Gasteiger partial charge in [0.25, 0.3) is 0 Å². The maximum Gasteiger partial charge on any atom is 0.227 e. The molecule has 0 aliphatic carbocycles. The van der Waals surface area contributed by atoms with Gasteiger partial charge in [-0.3, -0.25) is 4.21 Å². The highest BCUT2D eigenvalue weighted by atomic mass is 32.2. The van der Waals surface area contributed by atoms with Crippen LogP contribution in [-0.2, 0) is 11.3 Å². The zero-order chi connectivity index (χ0) is 21.1. The molecular formula is C22H19N4O3S-. The second-order valence-electron chi connectivity index (χ2n) is 6.55. The minimum atomic E-state index is -2.31. The van der Waals surface area contributed by atoms with Crippen LogP contribution in [0.5, 0.6) is 5.75 Å². The predicted octanol–water partition coefficient (Wildman–Crippen LogP) is 4.28. The normalized spacial score (nSPS) is 11.8. The molecule has 30 heavy (non-hydrogen) atoms. The number of anilines is 3. The fraction of sp³-hybridized carbons (Fsp3) is 0.0909. The number of para-hydroxylation sites is 1. The fourth-order valence-corrected chi connectivity index (χ4v) is 3.38. The third-order valence-electron chi connectivity index (χ3n) is 4.72. The summed E-state index contributed by atoms with van der Waals surface area (Å²) in [7, 11) is 3.13. The molecule has 8 heteroatoms. The van der Waals surface area contributed by atoms with E-state index in [1.54, 1.807) is 37.6 Å². The molecule has 1 unspecified atom stereocenters. The van der Waals surface area contributed by atoms with Crippen molar-refractivity contribution in [2.75, 3.05) is 23.8 Å². The van der Waals surface area contributed by atoms with E-state index in [-0.39, 0.29) is 0 Å². The molecule has 0 aliphatic heterocycles.